The first-order chi connectivity index (χ1) is 16.2. The first-order valence-corrected chi connectivity index (χ1v) is 12.2. The van der Waals surface area contributed by atoms with Gasteiger partial charge in [-0.1, -0.05) is 36.0 Å². The number of thioether (sulfide) groups is 1. The maximum Gasteiger partial charge on any atom is 0.257 e. The van der Waals surface area contributed by atoms with Gasteiger partial charge in [-0.25, -0.2) is 9.99 Å². The molecule has 3 heterocycles. The third-order valence-corrected chi connectivity index (χ3v) is 7.09. The van der Waals surface area contributed by atoms with Crippen LogP contribution in [0.1, 0.15) is 22.9 Å². The average molecular weight is 480 g/mol. The number of hydrogen-bond donors (Lipinski definition) is 0. The standard InChI is InChI=1S/C24H21N3O4S2/c1-29-20-10-9-15(12-21(20)30-2)18-13-17(22-8-5-11-32-22)26-27(18)23(28)14-33-24-25-16-6-3-4-7-19(16)31-24/h3-12,18H,13-14H2,1-2H3/t18-/m0/s1. The molecule has 0 saturated heterocycles. The van der Waals surface area contributed by atoms with Crippen LogP contribution < -0.4 is 9.47 Å². The first-order valence-electron chi connectivity index (χ1n) is 10.3. The zero-order valence-corrected chi connectivity index (χ0v) is 19.7. The van der Waals surface area contributed by atoms with Crippen LogP contribution in [0.4, 0.5) is 0 Å². The molecular weight excluding hydrogens is 458 g/mol. The lowest BCUT2D eigenvalue weighted by Gasteiger charge is -2.22. The van der Waals surface area contributed by atoms with Crippen LogP contribution in [0.25, 0.3) is 11.1 Å². The van der Waals surface area contributed by atoms with Gasteiger partial charge < -0.3 is 13.9 Å². The highest BCUT2D eigenvalue weighted by Crippen LogP contribution is 2.38. The fourth-order valence-electron chi connectivity index (χ4n) is 3.75. The van der Waals surface area contributed by atoms with Crippen molar-refractivity contribution >= 4 is 45.8 Å². The number of rotatable bonds is 7. The fraction of sp³-hybridized carbons (Fsp3) is 0.208. The summed E-state index contributed by atoms with van der Waals surface area (Å²) in [6.45, 7) is 0. The number of nitrogens with zero attached hydrogens (tertiary/aromatic N) is 3. The number of hydrogen-bond acceptors (Lipinski definition) is 8. The third-order valence-electron chi connectivity index (χ3n) is 5.36. The molecule has 0 spiro atoms. The number of carbonyl (C=O) groups is 1. The molecule has 1 atom stereocenters. The number of benzene rings is 2. The van der Waals surface area contributed by atoms with Crippen molar-refractivity contribution in [2.45, 2.75) is 17.7 Å². The number of hydrazone groups is 1. The average Bonchev–Trinajstić information content (AvgIpc) is 3.60. The molecule has 2 aromatic carbocycles. The van der Waals surface area contributed by atoms with Gasteiger partial charge >= 0.3 is 0 Å². The predicted octanol–water partition coefficient (Wildman–Crippen LogP) is 5.38. The molecule has 0 aliphatic carbocycles. The Morgan fingerprint density at radius 2 is 2.00 bits per heavy atom. The number of methoxy groups -OCH3 is 2. The minimum atomic E-state index is -0.237. The molecule has 1 amide bonds. The largest absolute Gasteiger partial charge is 0.493 e. The van der Waals surface area contributed by atoms with Crippen molar-refractivity contribution in [2.75, 3.05) is 20.0 Å². The van der Waals surface area contributed by atoms with Crippen molar-refractivity contribution in [3.63, 3.8) is 0 Å². The number of aromatic nitrogens is 1. The highest BCUT2D eigenvalue weighted by molar-refractivity contribution is 7.99. The Balaban J connectivity index is 1.40. The van der Waals surface area contributed by atoms with Gasteiger partial charge in [-0.15, -0.1) is 11.3 Å². The summed E-state index contributed by atoms with van der Waals surface area (Å²) >= 11 is 2.88. The van der Waals surface area contributed by atoms with E-state index < -0.39 is 0 Å². The quantitative estimate of drug-likeness (QED) is 0.331. The molecule has 1 aliphatic rings. The van der Waals surface area contributed by atoms with Gasteiger partial charge in [0.15, 0.2) is 17.1 Å². The molecule has 4 aromatic rings. The van der Waals surface area contributed by atoms with Crippen molar-refractivity contribution in [1.82, 2.24) is 9.99 Å². The summed E-state index contributed by atoms with van der Waals surface area (Å²) < 4.78 is 16.6. The van der Waals surface area contributed by atoms with Crippen molar-refractivity contribution in [3.05, 3.63) is 70.4 Å². The van der Waals surface area contributed by atoms with Crippen molar-refractivity contribution < 1.29 is 18.7 Å². The Hall–Kier alpha value is -3.30. The SMILES string of the molecule is COc1ccc([C@@H]2CC(c3cccs3)=NN2C(=O)CSc2nc3ccccc3o2)cc1OC. The lowest BCUT2D eigenvalue weighted by molar-refractivity contribution is -0.130. The van der Waals surface area contributed by atoms with Crippen molar-refractivity contribution in [2.24, 2.45) is 5.10 Å². The molecule has 0 bridgehead atoms. The molecule has 33 heavy (non-hydrogen) atoms. The Bertz CT molecular complexity index is 1280. The summed E-state index contributed by atoms with van der Waals surface area (Å²) in [6.07, 6.45) is 0.620. The molecule has 7 nitrogen and oxygen atoms in total. The number of carbonyl (C=O) groups excluding carboxylic acids is 1. The molecule has 1 aliphatic heterocycles. The van der Waals surface area contributed by atoms with Gasteiger partial charge in [-0.3, -0.25) is 4.79 Å². The van der Waals surface area contributed by atoms with E-state index >= 15 is 0 Å². The van der Waals surface area contributed by atoms with Crippen LogP contribution in [0.3, 0.4) is 0 Å². The predicted molar refractivity (Wildman–Crippen MR) is 129 cm³/mol. The number of ether oxygens (including phenoxy) is 2. The Kier molecular flexibility index (Phi) is 6.06. The van der Waals surface area contributed by atoms with Crippen LogP contribution in [0.2, 0.25) is 0 Å². The molecule has 9 heteroatoms. The van der Waals surface area contributed by atoms with E-state index in [1.807, 2.05) is 60.0 Å². The lowest BCUT2D eigenvalue weighted by atomic mass is 10.0. The Morgan fingerprint density at radius 3 is 2.76 bits per heavy atom. The maximum absolute atomic E-state index is 13.3. The maximum atomic E-state index is 13.3. The lowest BCUT2D eigenvalue weighted by Crippen LogP contribution is -2.28. The second-order valence-corrected chi connectivity index (χ2v) is 9.21. The number of fused-ring (bicyclic) bond motifs is 1. The second-order valence-electron chi connectivity index (χ2n) is 7.33. The van der Waals surface area contributed by atoms with Gasteiger partial charge in [0.1, 0.15) is 5.52 Å². The molecular formula is C24H21N3O4S2. The van der Waals surface area contributed by atoms with E-state index in [1.54, 1.807) is 30.6 Å². The van der Waals surface area contributed by atoms with Crippen LogP contribution in [0.15, 0.2) is 74.7 Å². The fourth-order valence-corrected chi connectivity index (χ4v) is 5.17. The Labute approximate surface area is 199 Å². The molecule has 0 unspecified atom stereocenters. The second kappa shape index (κ2) is 9.29. The van der Waals surface area contributed by atoms with Crippen LogP contribution in [-0.4, -0.2) is 41.6 Å². The molecule has 0 N–H and O–H groups in total. The van der Waals surface area contributed by atoms with Gasteiger partial charge in [0.2, 0.25) is 0 Å². The summed E-state index contributed by atoms with van der Waals surface area (Å²) in [6, 6.07) is 17.0. The molecule has 0 fully saturated rings. The van der Waals surface area contributed by atoms with E-state index in [1.165, 1.54) is 11.8 Å². The highest BCUT2D eigenvalue weighted by atomic mass is 32.2. The zero-order chi connectivity index (χ0) is 22.8. The van der Waals surface area contributed by atoms with Gasteiger partial charge in [-0.2, -0.15) is 5.10 Å². The van der Waals surface area contributed by atoms with Gasteiger partial charge in [0.05, 0.1) is 36.6 Å². The molecule has 168 valence electrons. The molecule has 0 saturated carbocycles. The van der Waals surface area contributed by atoms with E-state index in [4.69, 9.17) is 19.0 Å². The summed E-state index contributed by atoms with van der Waals surface area (Å²) in [5.41, 5.74) is 3.30. The third kappa shape index (κ3) is 4.34. The van der Waals surface area contributed by atoms with Gasteiger partial charge in [0, 0.05) is 6.42 Å². The minimum absolute atomic E-state index is 0.117. The monoisotopic (exact) mass is 479 g/mol. The summed E-state index contributed by atoms with van der Waals surface area (Å²) in [5.74, 6) is 1.31. The van der Waals surface area contributed by atoms with E-state index in [9.17, 15) is 4.79 Å². The first kappa shape index (κ1) is 21.5. The molecule has 5 rings (SSSR count). The van der Waals surface area contributed by atoms with E-state index in [0.717, 1.165) is 21.7 Å². The summed E-state index contributed by atoms with van der Waals surface area (Å²) in [4.78, 5) is 18.8. The Morgan fingerprint density at radius 1 is 1.15 bits per heavy atom. The number of amides is 1. The normalized spacial score (nSPS) is 15.6. The molecule has 0 radical (unpaired) electrons. The smallest absolute Gasteiger partial charge is 0.257 e. The van der Waals surface area contributed by atoms with Crippen LogP contribution in [0, 0.1) is 0 Å². The molecule has 2 aromatic heterocycles. The number of oxazole rings is 1. The highest BCUT2D eigenvalue weighted by Gasteiger charge is 2.34. The van der Waals surface area contributed by atoms with E-state index in [0.29, 0.717) is 28.7 Å². The summed E-state index contributed by atoms with van der Waals surface area (Å²) in [5, 5.41) is 8.77. The van der Waals surface area contributed by atoms with Crippen LogP contribution >= 0.6 is 23.1 Å². The minimum Gasteiger partial charge on any atom is -0.493 e. The van der Waals surface area contributed by atoms with Gasteiger partial charge in [-0.05, 0) is 41.3 Å². The zero-order valence-electron chi connectivity index (χ0n) is 18.1. The van der Waals surface area contributed by atoms with Crippen LogP contribution in [0.5, 0.6) is 11.5 Å². The van der Waals surface area contributed by atoms with E-state index in [2.05, 4.69) is 4.98 Å². The summed E-state index contributed by atoms with van der Waals surface area (Å²) in [7, 11) is 3.20. The van der Waals surface area contributed by atoms with Crippen molar-refractivity contribution in [3.8, 4) is 11.5 Å². The van der Waals surface area contributed by atoms with Gasteiger partial charge in [0.25, 0.3) is 11.1 Å². The number of para-hydroxylation sites is 2. The number of thiophene rings is 1. The topological polar surface area (TPSA) is 77.2 Å². The van der Waals surface area contributed by atoms with Crippen molar-refractivity contribution in [1.29, 1.82) is 0 Å². The van der Waals surface area contributed by atoms with Crippen LogP contribution in [-0.2, 0) is 4.79 Å². The van der Waals surface area contributed by atoms with E-state index in [-0.39, 0.29) is 17.7 Å².